The summed E-state index contributed by atoms with van der Waals surface area (Å²) in [5.74, 6) is -0.489. The summed E-state index contributed by atoms with van der Waals surface area (Å²) in [6, 6.07) is 12.8. The molecule has 0 aromatic heterocycles. The molecule has 0 saturated carbocycles. The maximum atomic E-state index is 12.4. The Balaban J connectivity index is 1.65. The summed E-state index contributed by atoms with van der Waals surface area (Å²) in [5, 5.41) is 12.4. The van der Waals surface area contributed by atoms with Crippen LogP contribution in [0.3, 0.4) is 0 Å². The molecule has 1 aliphatic heterocycles. The van der Waals surface area contributed by atoms with E-state index in [1.54, 1.807) is 19.2 Å². The Morgan fingerprint density at radius 1 is 1.07 bits per heavy atom. The first-order valence-electron chi connectivity index (χ1n) is 10.2. The SMILES string of the molecule is COc1ccc(CCC(=O)Nc2ccc(N3CCCN(C)CC3)cc2C(=O)O)cc1. The minimum absolute atomic E-state index is 0.114. The molecule has 3 rings (SSSR count). The third-order valence-corrected chi connectivity index (χ3v) is 5.39. The minimum Gasteiger partial charge on any atom is -0.497 e. The van der Waals surface area contributed by atoms with Crippen LogP contribution in [0, 0.1) is 0 Å². The van der Waals surface area contributed by atoms with E-state index in [1.165, 1.54) is 0 Å². The van der Waals surface area contributed by atoms with Gasteiger partial charge in [0, 0.05) is 31.7 Å². The number of likely N-dealkylation sites (N-methyl/N-ethyl adjacent to an activating group) is 1. The molecule has 2 N–H and O–H groups in total. The molecule has 7 nitrogen and oxygen atoms in total. The number of methoxy groups -OCH3 is 1. The van der Waals surface area contributed by atoms with E-state index in [1.807, 2.05) is 30.3 Å². The molecule has 2 aromatic rings. The van der Waals surface area contributed by atoms with Crippen molar-refractivity contribution in [1.29, 1.82) is 0 Å². The molecule has 160 valence electrons. The summed E-state index contributed by atoms with van der Waals surface area (Å²) < 4.78 is 5.13. The van der Waals surface area contributed by atoms with Crippen molar-refractivity contribution in [2.45, 2.75) is 19.3 Å². The molecule has 1 fully saturated rings. The van der Waals surface area contributed by atoms with Crippen molar-refractivity contribution < 1.29 is 19.4 Å². The van der Waals surface area contributed by atoms with E-state index in [4.69, 9.17) is 4.74 Å². The van der Waals surface area contributed by atoms with Crippen LogP contribution >= 0.6 is 0 Å². The van der Waals surface area contributed by atoms with E-state index in [0.29, 0.717) is 12.1 Å². The van der Waals surface area contributed by atoms with Crippen LogP contribution in [0.15, 0.2) is 42.5 Å². The molecule has 0 unspecified atom stereocenters. The molecular weight excluding hydrogens is 382 g/mol. The number of anilines is 2. The number of carbonyl (C=O) groups excluding carboxylic acids is 1. The van der Waals surface area contributed by atoms with Crippen LogP contribution in [0.25, 0.3) is 0 Å². The van der Waals surface area contributed by atoms with Crippen molar-refractivity contribution in [3.05, 3.63) is 53.6 Å². The molecule has 0 bridgehead atoms. The van der Waals surface area contributed by atoms with E-state index < -0.39 is 5.97 Å². The fraction of sp³-hybridized carbons (Fsp3) is 0.391. The van der Waals surface area contributed by atoms with Crippen LogP contribution in [-0.4, -0.2) is 62.2 Å². The number of benzene rings is 2. The largest absolute Gasteiger partial charge is 0.497 e. The predicted octanol–water partition coefficient (Wildman–Crippen LogP) is 3.11. The number of rotatable bonds is 7. The zero-order valence-electron chi connectivity index (χ0n) is 17.6. The smallest absolute Gasteiger partial charge is 0.337 e. The molecule has 0 aliphatic carbocycles. The number of carbonyl (C=O) groups is 2. The maximum absolute atomic E-state index is 12.4. The highest BCUT2D eigenvalue weighted by Gasteiger charge is 2.18. The number of ether oxygens (including phenoxy) is 1. The Kier molecular flexibility index (Phi) is 7.30. The van der Waals surface area contributed by atoms with Crippen molar-refractivity contribution in [3.63, 3.8) is 0 Å². The van der Waals surface area contributed by atoms with E-state index >= 15 is 0 Å². The number of hydrogen-bond donors (Lipinski definition) is 2. The monoisotopic (exact) mass is 411 g/mol. The van der Waals surface area contributed by atoms with Gasteiger partial charge in [0.2, 0.25) is 5.91 Å². The number of aromatic carboxylic acids is 1. The molecular formula is C23H29N3O4. The minimum atomic E-state index is -1.05. The summed E-state index contributed by atoms with van der Waals surface area (Å²) in [5.41, 5.74) is 2.34. The zero-order valence-corrected chi connectivity index (χ0v) is 17.6. The number of carboxylic acids is 1. The van der Waals surface area contributed by atoms with Gasteiger partial charge in [0.25, 0.3) is 0 Å². The third kappa shape index (κ3) is 5.73. The maximum Gasteiger partial charge on any atom is 0.337 e. The highest BCUT2D eigenvalue weighted by Crippen LogP contribution is 2.25. The first-order valence-corrected chi connectivity index (χ1v) is 10.2. The summed E-state index contributed by atoms with van der Waals surface area (Å²) in [4.78, 5) is 28.7. The first-order chi connectivity index (χ1) is 14.5. The van der Waals surface area contributed by atoms with Gasteiger partial charge in [-0.25, -0.2) is 4.79 Å². The average Bonchev–Trinajstić information content (AvgIpc) is 2.97. The van der Waals surface area contributed by atoms with Gasteiger partial charge in [-0.15, -0.1) is 0 Å². The molecule has 0 atom stereocenters. The highest BCUT2D eigenvalue weighted by atomic mass is 16.5. The lowest BCUT2D eigenvalue weighted by Crippen LogP contribution is -2.29. The molecule has 7 heteroatoms. The zero-order chi connectivity index (χ0) is 21.5. The first kappa shape index (κ1) is 21.6. The molecule has 1 aliphatic rings. The molecule has 0 spiro atoms. The van der Waals surface area contributed by atoms with Crippen molar-refractivity contribution in [3.8, 4) is 5.75 Å². The predicted molar refractivity (Wildman–Crippen MR) is 118 cm³/mol. The molecule has 30 heavy (non-hydrogen) atoms. The number of carboxylic acid groups (broad SMARTS) is 1. The Labute approximate surface area is 177 Å². The van der Waals surface area contributed by atoms with Gasteiger partial charge in [0.1, 0.15) is 5.75 Å². The van der Waals surface area contributed by atoms with Gasteiger partial charge >= 0.3 is 5.97 Å². The topological polar surface area (TPSA) is 82.1 Å². The van der Waals surface area contributed by atoms with Gasteiger partial charge in [-0.1, -0.05) is 12.1 Å². The Morgan fingerprint density at radius 3 is 2.53 bits per heavy atom. The standard InChI is InChI=1S/C23H29N3O4/c1-25-12-3-13-26(15-14-25)18-7-10-21(20(16-18)23(28)29)24-22(27)11-6-17-4-8-19(30-2)9-5-17/h4-5,7-10,16H,3,6,11-15H2,1-2H3,(H,24,27)(H,28,29). The van der Waals surface area contributed by atoms with Crippen LogP contribution in [0.1, 0.15) is 28.8 Å². The molecule has 1 amide bonds. The van der Waals surface area contributed by atoms with Crippen LogP contribution in [0.2, 0.25) is 0 Å². The number of hydrogen-bond acceptors (Lipinski definition) is 5. The molecule has 1 saturated heterocycles. The number of nitrogens with one attached hydrogen (secondary N) is 1. The van der Waals surface area contributed by atoms with E-state index in [2.05, 4.69) is 22.2 Å². The van der Waals surface area contributed by atoms with Crippen LogP contribution in [0.5, 0.6) is 5.75 Å². The lowest BCUT2D eigenvalue weighted by molar-refractivity contribution is -0.116. The van der Waals surface area contributed by atoms with Crippen molar-refractivity contribution >= 4 is 23.3 Å². The lowest BCUT2D eigenvalue weighted by Gasteiger charge is -2.24. The molecule has 2 aromatic carbocycles. The van der Waals surface area contributed by atoms with Gasteiger partial charge in [-0.2, -0.15) is 0 Å². The van der Waals surface area contributed by atoms with Crippen molar-refractivity contribution in [2.24, 2.45) is 0 Å². The Morgan fingerprint density at radius 2 is 1.83 bits per heavy atom. The normalized spacial score (nSPS) is 14.8. The summed E-state index contributed by atoms with van der Waals surface area (Å²) in [7, 11) is 3.70. The van der Waals surface area contributed by atoms with Gasteiger partial charge in [0.05, 0.1) is 18.4 Å². The van der Waals surface area contributed by atoms with Gasteiger partial charge in [-0.3, -0.25) is 4.79 Å². The van der Waals surface area contributed by atoms with Gasteiger partial charge < -0.3 is 25.0 Å². The summed E-state index contributed by atoms with van der Waals surface area (Å²) in [6.07, 6.45) is 1.87. The summed E-state index contributed by atoms with van der Waals surface area (Å²) in [6.45, 7) is 3.71. The lowest BCUT2D eigenvalue weighted by atomic mass is 10.1. The van der Waals surface area contributed by atoms with Crippen molar-refractivity contribution in [1.82, 2.24) is 4.90 Å². The number of nitrogens with zero attached hydrogens (tertiary/aromatic N) is 2. The number of amides is 1. The van der Waals surface area contributed by atoms with Crippen LogP contribution < -0.4 is 15.0 Å². The van der Waals surface area contributed by atoms with E-state index in [0.717, 1.165) is 49.6 Å². The van der Waals surface area contributed by atoms with Crippen LogP contribution in [-0.2, 0) is 11.2 Å². The van der Waals surface area contributed by atoms with Crippen molar-refractivity contribution in [2.75, 3.05) is 50.6 Å². The van der Waals surface area contributed by atoms with Gasteiger partial charge in [-0.05, 0) is 62.3 Å². The van der Waals surface area contributed by atoms with Gasteiger partial charge in [0.15, 0.2) is 0 Å². The second kappa shape index (κ2) is 10.1. The van der Waals surface area contributed by atoms with E-state index in [9.17, 15) is 14.7 Å². The molecule has 1 heterocycles. The fourth-order valence-electron chi connectivity index (χ4n) is 3.58. The summed E-state index contributed by atoms with van der Waals surface area (Å²) >= 11 is 0. The second-order valence-electron chi connectivity index (χ2n) is 7.58. The third-order valence-electron chi connectivity index (χ3n) is 5.39. The van der Waals surface area contributed by atoms with Crippen LogP contribution in [0.4, 0.5) is 11.4 Å². The Hall–Kier alpha value is -3.06. The quantitative estimate of drug-likeness (QED) is 0.729. The number of aryl methyl sites for hydroxylation is 1. The molecule has 0 radical (unpaired) electrons. The Bertz CT molecular complexity index is 883. The van der Waals surface area contributed by atoms with E-state index in [-0.39, 0.29) is 17.9 Å². The highest BCUT2D eigenvalue weighted by molar-refractivity contribution is 6.01. The average molecular weight is 412 g/mol. The fourth-order valence-corrected chi connectivity index (χ4v) is 3.58. The second-order valence-corrected chi connectivity index (χ2v) is 7.58.